The molecule has 0 fully saturated rings. The third-order valence-corrected chi connectivity index (χ3v) is 2.88. The highest BCUT2D eigenvalue weighted by Gasteiger charge is 2.20. The van der Waals surface area contributed by atoms with Gasteiger partial charge in [0.25, 0.3) is 0 Å². The minimum absolute atomic E-state index is 0.224. The van der Waals surface area contributed by atoms with Gasteiger partial charge in [0.05, 0.1) is 7.11 Å². The van der Waals surface area contributed by atoms with Crippen LogP contribution < -0.4 is 19.5 Å². The molecule has 98 valence electrons. The van der Waals surface area contributed by atoms with Crippen molar-refractivity contribution >= 4 is 5.82 Å². The summed E-state index contributed by atoms with van der Waals surface area (Å²) < 4.78 is 16.1. The highest BCUT2D eigenvalue weighted by Crippen LogP contribution is 2.43. The summed E-state index contributed by atoms with van der Waals surface area (Å²) in [7, 11) is 3.41. The van der Waals surface area contributed by atoms with E-state index in [-0.39, 0.29) is 6.79 Å². The van der Waals surface area contributed by atoms with Crippen molar-refractivity contribution in [1.29, 1.82) is 0 Å². The Balaban J connectivity index is 2.18. The monoisotopic (exact) mass is 259 g/mol. The summed E-state index contributed by atoms with van der Waals surface area (Å²) in [5.41, 5.74) is 1.52. The summed E-state index contributed by atoms with van der Waals surface area (Å²) >= 11 is 0. The molecule has 2 heterocycles. The van der Waals surface area contributed by atoms with E-state index in [4.69, 9.17) is 14.2 Å². The molecule has 1 aliphatic heterocycles. The van der Waals surface area contributed by atoms with Gasteiger partial charge in [0.2, 0.25) is 6.79 Å². The molecule has 2 aromatic rings. The second kappa shape index (κ2) is 4.64. The van der Waals surface area contributed by atoms with Gasteiger partial charge in [-0.05, 0) is 6.07 Å². The lowest BCUT2D eigenvalue weighted by molar-refractivity contribution is 0.174. The average Bonchev–Trinajstić information content (AvgIpc) is 2.93. The average molecular weight is 259 g/mol. The molecule has 1 aromatic heterocycles. The molecule has 0 bridgehead atoms. The van der Waals surface area contributed by atoms with Crippen LogP contribution >= 0.6 is 0 Å². The Morgan fingerprint density at radius 1 is 1.16 bits per heavy atom. The van der Waals surface area contributed by atoms with Gasteiger partial charge in [-0.2, -0.15) is 0 Å². The van der Waals surface area contributed by atoms with Crippen LogP contribution in [0, 0.1) is 0 Å². The van der Waals surface area contributed by atoms with Crippen LogP contribution in [-0.2, 0) is 0 Å². The normalized spacial score (nSPS) is 12.3. The Hall–Kier alpha value is -2.50. The maximum Gasteiger partial charge on any atom is 0.231 e. The molecule has 19 heavy (non-hydrogen) atoms. The molecule has 0 amide bonds. The maximum absolute atomic E-state index is 5.39. The highest BCUT2D eigenvalue weighted by molar-refractivity contribution is 5.78. The van der Waals surface area contributed by atoms with E-state index in [1.807, 2.05) is 6.07 Å². The van der Waals surface area contributed by atoms with Gasteiger partial charge < -0.3 is 19.5 Å². The predicted octanol–water partition coefficient (Wildman–Crippen LogP) is 1.92. The molecule has 0 saturated carbocycles. The van der Waals surface area contributed by atoms with Crippen LogP contribution in [0.5, 0.6) is 17.2 Å². The van der Waals surface area contributed by atoms with Crippen LogP contribution in [0.15, 0.2) is 24.5 Å². The Bertz CT molecular complexity index is 616. The van der Waals surface area contributed by atoms with Crippen molar-refractivity contribution < 1.29 is 14.2 Å². The molecule has 1 N–H and O–H groups in total. The van der Waals surface area contributed by atoms with Crippen LogP contribution in [0.2, 0.25) is 0 Å². The molecule has 0 atom stereocenters. The minimum atomic E-state index is 0.224. The number of rotatable bonds is 3. The first-order valence-electron chi connectivity index (χ1n) is 5.80. The highest BCUT2D eigenvalue weighted by atomic mass is 16.7. The summed E-state index contributed by atoms with van der Waals surface area (Å²) in [5, 5.41) is 3.01. The zero-order valence-electron chi connectivity index (χ0n) is 10.6. The van der Waals surface area contributed by atoms with Crippen molar-refractivity contribution in [3.8, 4) is 28.5 Å². The lowest BCUT2D eigenvalue weighted by Crippen LogP contribution is -1.99. The molecule has 6 heteroatoms. The Morgan fingerprint density at radius 2 is 1.89 bits per heavy atom. The van der Waals surface area contributed by atoms with Crippen molar-refractivity contribution in [2.75, 3.05) is 26.3 Å². The number of nitrogens with one attached hydrogen (secondary N) is 1. The number of benzene rings is 1. The second-order valence-electron chi connectivity index (χ2n) is 3.91. The van der Waals surface area contributed by atoms with E-state index in [9.17, 15) is 0 Å². The summed E-state index contributed by atoms with van der Waals surface area (Å²) in [5.74, 6) is 2.71. The lowest BCUT2D eigenvalue weighted by atomic mass is 10.1. The first kappa shape index (κ1) is 11.6. The van der Waals surface area contributed by atoms with Crippen LogP contribution in [0.4, 0.5) is 5.82 Å². The van der Waals surface area contributed by atoms with Gasteiger partial charge in [-0.3, -0.25) is 4.98 Å². The van der Waals surface area contributed by atoms with Crippen LogP contribution in [0.1, 0.15) is 0 Å². The Kier molecular flexibility index (Phi) is 2.83. The number of anilines is 1. The SMILES string of the molecule is CNc1nccnc1-c1cc2c(cc1OC)OCO2. The molecule has 0 radical (unpaired) electrons. The largest absolute Gasteiger partial charge is 0.496 e. The van der Waals surface area contributed by atoms with E-state index < -0.39 is 0 Å². The van der Waals surface area contributed by atoms with Gasteiger partial charge in [0.15, 0.2) is 17.3 Å². The van der Waals surface area contributed by atoms with Gasteiger partial charge in [0, 0.05) is 31.1 Å². The van der Waals surface area contributed by atoms with Crippen molar-refractivity contribution in [3.63, 3.8) is 0 Å². The van der Waals surface area contributed by atoms with Crippen LogP contribution in [0.25, 0.3) is 11.3 Å². The van der Waals surface area contributed by atoms with Crippen molar-refractivity contribution in [2.24, 2.45) is 0 Å². The molecule has 0 spiro atoms. The molecule has 1 aliphatic rings. The van der Waals surface area contributed by atoms with Gasteiger partial charge in [-0.15, -0.1) is 0 Å². The predicted molar refractivity (Wildman–Crippen MR) is 69.7 cm³/mol. The topological polar surface area (TPSA) is 65.5 Å². The molecule has 1 aromatic carbocycles. The van der Waals surface area contributed by atoms with Gasteiger partial charge in [-0.1, -0.05) is 0 Å². The van der Waals surface area contributed by atoms with Crippen molar-refractivity contribution in [2.45, 2.75) is 0 Å². The standard InChI is InChI=1S/C13H13N3O3/c1-14-13-12(15-3-4-16-13)8-5-10-11(19-7-18-10)6-9(8)17-2/h3-6H,7H2,1-2H3,(H,14,16). The third-order valence-electron chi connectivity index (χ3n) is 2.88. The fourth-order valence-corrected chi connectivity index (χ4v) is 2.00. The third kappa shape index (κ3) is 1.91. The Morgan fingerprint density at radius 3 is 2.63 bits per heavy atom. The summed E-state index contributed by atoms with van der Waals surface area (Å²) in [6.07, 6.45) is 3.27. The first-order valence-corrected chi connectivity index (χ1v) is 5.80. The summed E-state index contributed by atoms with van der Waals surface area (Å²) in [6.45, 7) is 0.224. The molecule has 0 aliphatic carbocycles. The van der Waals surface area contributed by atoms with Crippen LogP contribution in [-0.4, -0.2) is 30.9 Å². The smallest absolute Gasteiger partial charge is 0.231 e. The number of hydrogen-bond donors (Lipinski definition) is 1. The number of ether oxygens (including phenoxy) is 3. The van der Waals surface area contributed by atoms with Gasteiger partial charge in [-0.25, -0.2) is 4.98 Å². The quantitative estimate of drug-likeness (QED) is 0.908. The van der Waals surface area contributed by atoms with E-state index in [1.54, 1.807) is 32.6 Å². The zero-order valence-corrected chi connectivity index (χ0v) is 10.6. The first-order chi connectivity index (χ1) is 9.33. The van der Waals surface area contributed by atoms with E-state index >= 15 is 0 Å². The second-order valence-corrected chi connectivity index (χ2v) is 3.91. The van der Waals surface area contributed by atoms with Gasteiger partial charge >= 0.3 is 0 Å². The van der Waals surface area contributed by atoms with E-state index in [2.05, 4.69) is 15.3 Å². The minimum Gasteiger partial charge on any atom is -0.496 e. The Labute approximate surface area is 110 Å². The molecule has 0 saturated heterocycles. The summed E-state index contributed by atoms with van der Waals surface area (Å²) in [4.78, 5) is 8.59. The van der Waals surface area contributed by atoms with Gasteiger partial charge in [0.1, 0.15) is 11.4 Å². The van der Waals surface area contributed by atoms with Crippen molar-refractivity contribution in [1.82, 2.24) is 9.97 Å². The number of hydrogen-bond acceptors (Lipinski definition) is 6. The van der Waals surface area contributed by atoms with E-state index in [1.165, 1.54) is 0 Å². The molecular weight excluding hydrogens is 246 g/mol. The number of methoxy groups -OCH3 is 1. The lowest BCUT2D eigenvalue weighted by Gasteiger charge is -2.11. The molecule has 0 unspecified atom stereocenters. The number of fused-ring (bicyclic) bond motifs is 1. The van der Waals surface area contributed by atoms with Crippen molar-refractivity contribution in [3.05, 3.63) is 24.5 Å². The molecule has 3 rings (SSSR count). The fraction of sp³-hybridized carbons (Fsp3) is 0.231. The summed E-state index contributed by atoms with van der Waals surface area (Å²) in [6, 6.07) is 3.65. The van der Waals surface area contributed by atoms with E-state index in [0.717, 1.165) is 5.56 Å². The molecular formula is C13H13N3O3. The van der Waals surface area contributed by atoms with Crippen LogP contribution in [0.3, 0.4) is 0 Å². The molecule has 6 nitrogen and oxygen atoms in total. The van der Waals surface area contributed by atoms with E-state index in [0.29, 0.717) is 28.8 Å². The number of aromatic nitrogens is 2. The fourth-order valence-electron chi connectivity index (χ4n) is 2.00. The number of nitrogens with zero attached hydrogens (tertiary/aromatic N) is 2. The zero-order chi connectivity index (χ0) is 13.2. The maximum atomic E-state index is 5.39.